The Morgan fingerprint density at radius 1 is 1.35 bits per heavy atom. The van der Waals surface area contributed by atoms with Crippen LogP contribution in [0.15, 0.2) is 15.9 Å². The minimum absolute atomic E-state index is 0.558. The molecule has 2 aromatic rings. The van der Waals surface area contributed by atoms with Crippen LogP contribution in [0.2, 0.25) is 0 Å². The van der Waals surface area contributed by atoms with Crippen molar-refractivity contribution in [2.24, 2.45) is 5.92 Å². The van der Waals surface area contributed by atoms with Gasteiger partial charge in [-0.05, 0) is 46.8 Å². The smallest absolute Gasteiger partial charge is 0.245 e. The molecule has 0 bridgehead atoms. The molecule has 0 aromatic carbocycles. The molecule has 106 valence electrons. The number of aromatic nitrogens is 3. The van der Waals surface area contributed by atoms with Gasteiger partial charge >= 0.3 is 0 Å². The molecule has 2 aliphatic heterocycles. The van der Waals surface area contributed by atoms with E-state index in [4.69, 9.17) is 4.98 Å². The van der Waals surface area contributed by atoms with E-state index in [0.29, 0.717) is 6.04 Å². The van der Waals surface area contributed by atoms with Crippen molar-refractivity contribution in [1.82, 2.24) is 20.5 Å². The van der Waals surface area contributed by atoms with Crippen LogP contribution in [0.1, 0.15) is 12.8 Å². The van der Waals surface area contributed by atoms with Gasteiger partial charge in [-0.2, -0.15) is 4.98 Å². The molecule has 2 N–H and O–H groups in total. The molecule has 0 aliphatic carbocycles. The number of rotatable bonds is 2. The molecular formula is C13H16BrN5S. The Morgan fingerprint density at radius 3 is 3.15 bits per heavy atom. The summed E-state index contributed by atoms with van der Waals surface area (Å²) in [4.78, 5) is 8.19. The summed E-state index contributed by atoms with van der Waals surface area (Å²) in [5, 5.41) is 11.0. The molecule has 2 aliphatic rings. The van der Waals surface area contributed by atoms with Gasteiger partial charge < -0.3 is 10.2 Å². The third-order valence-electron chi connectivity index (χ3n) is 4.22. The molecule has 0 saturated carbocycles. The molecule has 0 radical (unpaired) electrons. The minimum Gasteiger partial charge on any atom is -0.335 e. The zero-order valence-corrected chi connectivity index (χ0v) is 13.4. The van der Waals surface area contributed by atoms with E-state index >= 15 is 0 Å². The fraction of sp³-hybridized carbons (Fsp3) is 0.538. The zero-order chi connectivity index (χ0) is 13.5. The molecule has 2 fully saturated rings. The first-order chi connectivity index (χ1) is 9.81. The highest BCUT2D eigenvalue weighted by atomic mass is 79.9. The topological polar surface area (TPSA) is 56.8 Å². The predicted molar refractivity (Wildman–Crippen MR) is 84.1 cm³/mol. The van der Waals surface area contributed by atoms with Crippen molar-refractivity contribution >= 4 is 33.2 Å². The monoisotopic (exact) mass is 353 g/mol. The first-order valence-electron chi connectivity index (χ1n) is 6.97. The number of halogens is 1. The van der Waals surface area contributed by atoms with Gasteiger partial charge in [0.2, 0.25) is 5.95 Å². The van der Waals surface area contributed by atoms with Crippen molar-refractivity contribution in [2.75, 3.05) is 24.5 Å². The summed E-state index contributed by atoms with van der Waals surface area (Å²) < 4.78 is 1.11. The molecule has 5 nitrogen and oxygen atoms in total. The average Bonchev–Trinajstić information content (AvgIpc) is 3.17. The molecule has 7 heteroatoms. The molecule has 4 heterocycles. The number of H-pyrrole nitrogens is 1. The number of piperidine rings is 1. The van der Waals surface area contributed by atoms with Crippen LogP contribution in [0.3, 0.4) is 0 Å². The van der Waals surface area contributed by atoms with E-state index in [1.165, 1.54) is 12.8 Å². The van der Waals surface area contributed by atoms with Gasteiger partial charge in [0.05, 0.1) is 8.66 Å². The first kappa shape index (κ1) is 12.8. The maximum Gasteiger partial charge on any atom is 0.245 e. The van der Waals surface area contributed by atoms with E-state index in [0.717, 1.165) is 46.0 Å². The van der Waals surface area contributed by atoms with Gasteiger partial charge in [-0.3, -0.25) is 5.10 Å². The number of anilines is 1. The molecule has 20 heavy (non-hydrogen) atoms. The van der Waals surface area contributed by atoms with Crippen LogP contribution >= 0.6 is 27.3 Å². The number of hydrogen-bond donors (Lipinski definition) is 2. The van der Waals surface area contributed by atoms with E-state index in [1.54, 1.807) is 11.3 Å². The molecule has 2 atom stereocenters. The molecule has 2 unspecified atom stereocenters. The summed E-state index contributed by atoms with van der Waals surface area (Å²) in [6, 6.07) is 4.66. The standard InChI is InChI=1S/C13H16BrN5S/c14-11-4-3-10(20-11)12-16-13(18-17-12)19-5-1-2-8-6-15-7-9(8)19/h3-4,8-9,15H,1-2,5-7H2,(H,16,17,18). The molecule has 0 amide bonds. The maximum absolute atomic E-state index is 4.70. The fourth-order valence-electron chi connectivity index (χ4n) is 3.25. The summed E-state index contributed by atoms with van der Waals surface area (Å²) in [5.74, 6) is 2.47. The second kappa shape index (κ2) is 5.13. The molecular weight excluding hydrogens is 338 g/mol. The molecule has 2 aromatic heterocycles. The van der Waals surface area contributed by atoms with Crippen LogP contribution in [-0.4, -0.2) is 40.9 Å². The Labute approximate surface area is 129 Å². The SMILES string of the molecule is Brc1ccc(-c2nc(N3CCCC4CNCC43)n[nH]2)s1. The Hall–Kier alpha value is -0.920. The van der Waals surface area contributed by atoms with Gasteiger partial charge in [0, 0.05) is 25.7 Å². The molecule has 2 saturated heterocycles. The van der Waals surface area contributed by atoms with Gasteiger partial charge in [0.25, 0.3) is 0 Å². The Balaban J connectivity index is 1.61. The lowest BCUT2D eigenvalue weighted by Gasteiger charge is -2.36. The molecule has 0 spiro atoms. The van der Waals surface area contributed by atoms with E-state index < -0.39 is 0 Å². The lowest BCUT2D eigenvalue weighted by molar-refractivity contribution is 0.381. The Kier molecular flexibility index (Phi) is 3.28. The van der Waals surface area contributed by atoms with Crippen LogP contribution in [0.25, 0.3) is 10.7 Å². The van der Waals surface area contributed by atoms with Crippen LogP contribution in [0.4, 0.5) is 5.95 Å². The molecule has 4 rings (SSSR count). The third kappa shape index (κ3) is 2.17. The van der Waals surface area contributed by atoms with Crippen LogP contribution in [0, 0.1) is 5.92 Å². The van der Waals surface area contributed by atoms with Crippen molar-refractivity contribution in [3.8, 4) is 10.7 Å². The number of aromatic amines is 1. The average molecular weight is 354 g/mol. The van der Waals surface area contributed by atoms with Gasteiger partial charge in [0.15, 0.2) is 5.82 Å². The summed E-state index contributed by atoms with van der Waals surface area (Å²) >= 11 is 5.16. The van der Waals surface area contributed by atoms with E-state index in [9.17, 15) is 0 Å². The quantitative estimate of drug-likeness (QED) is 0.870. The van der Waals surface area contributed by atoms with Gasteiger partial charge in [-0.15, -0.1) is 16.4 Å². The second-order valence-electron chi connectivity index (χ2n) is 5.41. The number of nitrogens with one attached hydrogen (secondary N) is 2. The van der Waals surface area contributed by atoms with Crippen molar-refractivity contribution in [3.05, 3.63) is 15.9 Å². The summed E-state index contributed by atoms with van der Waals surface area (Å²) in [7, 11) is 0. The van der Waals surface area contributed by atoms with Gasteiger partial charge in [-0.1, -0.05) is 0 Å². The summed E-state index contributed by atoms with van der Waals surface area (Å²) in [5.41, 5.74) is 0. The van der Waals surface area contributed by atoms with Crippen LogP contribution in [-0.2, 0) is 0 Å². The highest BCUT2D eigenvalue weighted by Crippen LogP contribution is 2.32. The van der Waals surface area contributed by atoms with Crippen molar-refractivity contribution in [1.29, 1.82) is 0 Å². The number of hydrogen-bond acceptors (Lipinski definition) is 5. The minimum atomic E-state index is 0.558. The number of fused-ring (bicyclic) bond motifs is 1. The van der Waals surface area contributed by atoms with Crippen molar-refractivity contribution in [3.63, 3.8) is 0 Å². The van der Waals surface area contributed by atoms with Crippen molar-refractivity contribution in [2.45, 2.75) is 18.9 Å². The first-order valence-corrected chi connectivity index (χ1v) is 8.58. The number of thiophene rings is 1. The third-order valence-corrected chi connectivity index (χ3v) is 5.85. The summed E-state index contributed by atoms with van der Waals surface area (Å²) in [6.07, 6.45) is 2.56. The van der Waals surface area contributed by atoms with E-state index in [-0.39, 0.29) is 0 Å². The predicted octanol–water partition coefficient (Wildman–Crippen LogP) is 2.48. The van der Waals surface area contributed by atoms with E-state index in [1.807, 2.05) is 6.07 Å². The van der Waals surface area contributed by atoms with Crippen LogP contribution < -0.4 is 10.2 Å². The largest absolute Gasteiger partial charge is 0.335 e. The Bertz CT molecular complexity index is 609. The fourth-order valence-corrected chi connectivity index (χ4v) is 4.58. The maximum atomic E-state index is 4.70. The van der Waals surface area contributed by atoms with Gasteiger partial charge in [-0.25, -0.2) is 0 Å². The number of nitrogens with zero attached hydrogens (tertiary/aromatic N) is 3. The highest BCUT2D eigenvalue weighted by molar-refractivity contribution is 9.11. The lowest BCUT2D eigenvalue weighted by atomic mass is 9.92. The van der Waals surface area contributed by atoms with Crippen LogP contribution in [0.5, 0.6) is 0 Å². The Morgan fingerprint density at radius 2 is 2.30 bits per heavy atom. The van der Waals surface area contributed by atoms with Gasteiger partial charge in [0.1, 0.15) is 0 Å². The zero-order valence-electron chi connectivity index (χ0n) is 11.0. The normalized spacial score (nSPS) is 25.9. The van der Waals surface area contributed by atoms with E-state index in [2.05, 4.69) is 42.4 Å². The lowest BCUT2D eigenvalue weighted by Crippen LogP contribution is -2.45. The summed E-state index contributed by atoms with van der Waals surface area (Å²) in [6.45, 7) is 3.25. The van der Waals surface area contributed by atoms with Crippen molar-refractivity contribution < 1.29 is 0 Å². The highest BCUT2D eigenvalue weighted by Gasteiger charge is 2.36. The second-order valence-corrected chi connectivity index (χ2v) is 7.87.